The highest BCUT2D eigenvalue weighted by Gasteiger charge is 2.38. The molecule has 2 N–H and O–H groups in total. The van der Waals surface area contributed by atoms with Crippen molar-refractivity contribution in [3.63, 3.8) is 0 Å². The number of hydrogen-bond acceptors (Lipinski definition) is 3. The van der Waals surface area contributed by atoms with Crippen molar-refractivity contribution in [3.8, 4) is 5.75 Å². The molecule has 0 unspecified atom stereocenters. The van der Waals surface area contributed by atoms with Crippen molar-refractivity contribution >= 4 is 14.4 Å². The Kier molecular flexibility index (Phi) is 4.61. The highest BCUT2D eigenvalue weighted by atomic mass is 28.4. The van der Waals surface area contributed by atoms with Crippen LogP contribution < -0.4 is 4.74 Å². The van der Waals surface area contributed by atoms with Gasteiger partial charge in [0.05, 0.1) is 6.61 Å². The molecule has 21 heavy (non-hydrogen) atoms. The summed E-state index contributed by atoms with van der Waals surface area (Å²) in [5.74, 6) is 0.873. The molecule has 3 nitrogen and oxygen atoms in total. The zero-order valence-electron chi connectivity index (χ0n) is 13.4. The molecule has 116 valence electrons. The fourth-order valence-corrected chi connectivity index (χ4v) is 3.17. The van der Waals surface area contributed by atoms with E-state index in [2.05, 4.69) is 13.8 Å². The molecule has 0 radical (unpaired) electrons. The zero-order chi connectivity index (χ0) is 15.7. The lowest BCUT2D eigenvalue weighted by molar-refractivity contribution is 0.189. The first-order chi connectivity index (χ1) is 9.74. The van der Waals surface area contributed by atoms with Crippen LogP contribution in [0.1, 0.15) is 32.3 Å². The second-order valence-corrected chi connectivity index (χ2v) is 11.5. The minimum Gasteiger partial charge on any atom is -0.485 e. The molecule has 1 aliphatic heterocycles. The van der Waals surface area contributed by atoms with E-state index in [0.717, 1.165) is 29.7 Å². The lowest BCUT2D eigenvalue weighted by atomic mass is 9.95. The number of aliphatic hydroxyl groups is 1. The van der Waals surface area contributed by atoms with Gasteiger partial charge in [0.25, 0.3) is 0 Å². The highest BCUT2D eigenvalue weighted by Crippen LogP contribution is 2.41. The van der Waals surface area contributed by atoms with E-state index < -0.39 is 8.32 Å². The molecule has 0 aromatic heterocycles. The minimum absolute atomic E-state index is 0.0133. The van der Waals surface area contributed by atoms with E-state index >= 15 is 0 Å². The first kappa shape index (κ1) is 16.3. The normalized spacial score (nSPS) is 18.8. The van der Waals surface area contributed by atoms with Crippen LogP contribution in [0.15, 0.2) is 29.8 Å². The Labute approximate surface area is 128 Å². The van der Waals surface area contributed by atoms with Crippen molar-refractivity contribution in [2.75, 3.05) is 6.61 Å². The topological polar surface area (TPSA) is 49.7 Å². The summed E-state index contributed by atoms with van der Waals surface area (Å²) in [5.41, 5.74) is 1.94. The third kappa shape index (κ3) is 3.57. The molecule has 0 aliphatic carbocycles. The molecule has 1 heterocycles. The Hall–Kier alpha value is -1.10. The first-order valence-electron chi connectivity index (χ1n) is 7.54. The van der Waals surface area contributed by atoms with Crippen molar-refractivity contribution in [1.29, 1.82) is 0 Å². The van der Waals surface area contributed by atoms with Crippen LogP contribution in [0.4, 0.5) is 0 Å². The number of ether oxygens (including phenoxy) is 1. The second-order valence-electron chi connectivity index (χ2n) is 7.00. The fraction of sp³-hybridized carbons (Fsp3) is 0.529. The van der Waals surface area contributed by atoms with Crippen molar-refractivity contribution in [1.82, 2.24) is 0 Å². The van der Waals surface area contributed by atoms with Crippen LogP contribution in [0.3, 0.4) is 0 Å². The molecule has 0 amide bonds. The number of benzene rings is 1. The summed E-state index contributed by atoms with van der Waals surface area (Å²) in [4.78, 5) is 10.4. The number of para-hydroxylation sites is 1. The maximum Gasteiger partial charge on any atom is 0.188 e. The number of hydrogen-bond donors (Lipinski definition) is 2. The molecule has 0 fully saturated rings. The second kappa shape index (κ2) is 5.95. The van der Waals surface area contributed by atoms with E-state index in [9.17, 15) is 9.90 Å². The van der Waals surface area contributed by atoms with Gasteiger partial charge < -0.3 is 14.6 Å². The van der Waals surface area contributed by atoms with E-state index in [1.54, 1.807) is 0 Å². The van der Waals surface area contributed by atoms with Crippen LogP contribution in [0, 0.1) is 0 Å². The molecule has 1 aromatic rings. The highest BCUT2D eigenvalue weighted by molar-refractivity contribution is 6.72. The van der Waals surface area contributed by atoms with Crippen molar-refractivity contribution in [2.45, 2.75) is 50.9 Å². The third-order valence-electron chi connectivity index (χ3n) is 4.81. The fourth-order valence-electron chi connectivity index (χ4n) is 2.42. The average molecular weight is 306 g/mol. The summed E-state index contributed by atoms with van der Waals surface area (Å²) in [7, 11) is -2.21. The number of fused-ring (bicyclic) bond motifs is 1. The van der Waals surface area contributed by atoms with Gasteiger partial charge in [-0.15, -0.1) is 0 Å². The summed E-state index contributed by atoms with van der Waals surface area (Å²) in [6.07, 6.45) is 3.62. The average Bonchev–Trinajstić information content (AvgIpc) is 2.42. The summed E-state index contributed by atoms with van der Waals surface area (Å²) in [6, 6.07) is 7.89. The monoisotopic (exact) mass is 306 g/mol. The molecule has 4 heteroatoms. The Bertz CT molecular complexity index is 529. The lowest BCUT2D eigenvalue weighted by Gasteiger charge is -2.37. The van der Waals surface area contributed by atoms with Gasteiger partial charge in [-0.1, -0.05) is 32.0 Å². The third-order valence-corrected chi connectivity index (χ3v) is 8.38. The van der Waals surface area contributed by atoms with Gasteiger partial charge in [0.15, 0.2) is 8.32 Å². The van der Waals surface area contributed by atoms with Gasteiger partial charge in [0.2, 0.25) is 0 Å². The van der Waals surface area contributed by atoms with Crippen LogP contribution in [0.2, 0.25) is 18.1 Å². The molecule has 1 aliphatic rings. The molecule has 1 aromatic carbocycles. The molecule has 0 saturated carbocycles. The van der Waals surface area contributed by atoms with Crippen molar-refractivity contribution in [3.05, 3.63) is 35.4 Å². The standard InChI is InChI=1S/C17H26O3Si/c1-17(2,21(3,4)19)10-9-16-14(12-18)11-13-7-5-6-8-15(13)20-16/h5-8,11,16,18-19H,9-10,12H2,1-4H3/t16-/m0/s1. The maximum atomic E-state index is 10.4. The van der Waals surface area contributed by atoms with Crippen LogP contribution in [-0.4, -0.2) is 30.9 Å². The van der Waals surface area contributed by atoms with Gasteiger partial charge >= 0.3 is 0 Å². The van der Waals surface area contributed by atoms with Gasteiger partial charge in [-0.3, -0.25) is 0 Å². The van der Waals surface area contributed by atoms with E-state index in [0.29, 0.717) is 0 Å². The largest absolute Gasteiger partial charge is 0.485 e. The molecule has 0 spiro atoms. The SMILES string of the molecule is CC(C)(CC[C@@H]1Oc2ccccc2C=C1CO)[Si](C)(C)O. The Morgan fingerprint density at radius 2 is 1.90 bits per heavy atom. The quantitative estimate of drug-likeness (QED) is 0.818. The number of aliphatic hydroxyl groups excluding tert-OH is 1. The van der Waals surface area contributed by atoms with Gasteiger partial charge in [-0.2, -0.15) is 0 Å². The number of rotatable bonds is 5. The summed E-state index contributed by atoms with van der Waals surface area (Å²) in [5, 5.41) is 9.51. The predicted molar refractivity (Wildman–Crippen MR) is 88.9 cm³/mol. The van der Waals surface area contributed by atoms with Gasteiger partial charge in [0.1, 0.15) is 11.9 Å². The van der Waals surface area contributed by atoms with E-state index in [-0.39, 0.29) is 17.7 Å². The predicted octanol–water partition coefficient (Wildman–Crippen LogP) is 3.58. The first-order valence-corrected chi connectivity index (χ1v) is 10.5. The van der Waals surface area contributed by atoms with E-state index in [4.69, 9.17) is 4.74 Å². The molecule has 1 atom stereocenters. The minimum atomic E-state index is -2.21. The molecular weight excluding hydrogens is 280 g/mol. The van der Waals surface area contributed by atoms with Crippen LogP contribution in [0.5, 0.6) is 5.75 Å². The van der Waals surface area contributed by atoms with Crippen molar-refractivity contribution in [2.24, 2.45) is 0 Å². The van der Waals surface area contributed by atoms with Gasteiger partial charge in [0, 0.05) is 5.56 Å². The molecule has 2 rings (SSSR count). The van der Waals surface area contributed by atoms with Crippen molar-refractivity contribution < 1.29 is 14.6 Å². The van der Waals surface area contributed by atoms with Crippen LogP contribution in [0.25, 0.3) is 6.08 Å². The van der Waals surface area contributed by atoms with Crippen LogP contribution >= 0.6 is 0 Å². The Balaban J connectivity index is 2.12. The van der Waals surface area contributed by atoms with Crippen LogP contribution in [-0.2, 0) is 0 Å². The van der Waals surface area contributed by atoms with E-state index in [1.807, 2.05) is 43.4 Å². The smallest absolute Gasteiger partial charge is 0.188 e. The van der Waals surface area contributed by atoms with E-state index in [1.165, 1.54) is 0 Å². The van der Waals surface area contributed by atoms with Gasteiger partial charge in [-0.25, -0.2) is 0 Å². The molecule has 0 bridgehead atoms. The molecule has 0 saturated heterocycles. The lowest BCUT2D eigenvalue weighted by Crippen LogP contribution is -2.40. The Morgan fingerprint density at radius 3 is 2.52 bits per heavy atom. The maximum absolute atomic E-state index is 10.4. The summed E-state index contributed by atoms with van der Waals surface area (Å²) >= 11 is 0. The summed E-state index contributed by atoms with van der Waals surface area (Å²) in [6.45, 7) is 8.22. The Morgan fingerprint density at radius 1 is 1.24 bits per heavy atom. The zero-order valence-corrected chi connectivity index (χ0v) is 14.4. The van der Waals surface area contributed by atoms with Gasteiger partial charge in [-0.05, 0) is 48.7 Å². The summed E-state index contributed by atoms with van der Waals surface area (Å²) < 4.78 is 6.05. The molecular formula is C17H26O3Si.